The molecule has 0 bridgehead atoms. The SMILES string of the molecule is Cc1cnc(NC(=O)COc2ccccc2F)s1. The van der Waals surface area contributed by atoms with Crippen molar-refractivity contribution in [3.8, 4) is 5.75 Å². The summed E-state index contributed by atoms with van der Waals surface area (Å²) in [5.74, 6) is -0.800. The molecule has 0 aliphatic carbocycles. The highest BCUT2D eigenvalue weighted by molar-refractivity contribution is 7.15. The second kappa shape index (κ2) is 5.59. The van der Waals surface area contributed by atoms with E-state index in [1.165, 1.54) is 23.5 Å². The van der Waals surface area contributed by atoms with Gasteiger partial charge < -0.3 is 4.74 Å². The number of benzene rings is 1. The van der Waals surface area contributed by atoms with Crippen molar-refractivity contribution in [2.75, 3.05) is 11.9 Å². The van der Waals surface area contributed by atoms with Gasteiger partial charge in [-0.05, 0) is 19.1 Å². The lowest BCUT2D eigenvalue weighted by Gasteiger charge is -2.06. The van der Waals surface area contributed by atoms with Crippen LogP contribution < -0.4 is 10.1 Å². The first-order valence-corrected chi connectivity index (χ1v) is 6.06. The number of para-hydroxylation sites is 1. The van der Waals surface area contributed by atoms with Crippen molar-refractivity contribution in [2.24, 2.45) is 0 Å². The Labute approximate surface area is 107 Å². The topological polar surface area (TPSA) is 51.2 Å². The number of halogens is 1. The standard InChI is InChI=1S/C12H11FN2O2S/c1-8-6-14-12(18-8)15-11(16)7-17-10-5-3-2-4-9(10)13/h2-6H,7H2,1H3,(H,14,15,16). The van der Waals surface area contributed by atoms with Crippen molar-refractivity contribution in [3.63, 3.8) is 0 Å². The molecule has 0 aliphatic heterocycles. The Morgan fingerprint density at radius 2 is 2.28 bits per heavy atom. The smallest absolute Gasteiger partial charge is 0.264 e. The van der Waals surface area contributed by atoms with E-state index >= 15 is 0 Å². The lowest BCUT2D eigenvalue weighted by atomic mass is 10.3. The van der Waals surface area contributed by atoms with E-state index in [4.69, 9.17) is 4.74 Å². The summed E-state index contributed by atoms with van der Waals surface area (Å²) in [6.07, 6.45) is 1.66. The second-order valence-electron chi connectivity index (χ2n) is 3.54. The van der Waals surface area contributed by atoms with Crippen LogP contribution in [0.4, 0.5) is 9.52 Å². The zero-order chi connectivity index (χ0) is 13.0. The van der Waals surface area contributed by atoms with Gasteiger partial charge in [0.05, 0.1) is 0 Å². The van der Waals surface area contributed by atoms with E-state index in [1.54, 1.807) is 18.3 Å². The number of aromatic nitrogens is 1. The molecule has 18 heavy (non-hydrogen) atoms. The van der Waals surface area contributed by atoms with Crippen LogP contribution in [0.5, 0.6) is 5.75 Å². The third-order valence-corrected chi connectivity index (χ3v) is 2.89. The molecule has 94 valence electrons. The Morgan fingerprint density at radius 1 is 1.50 bits per heavy atom. The molecular formula is C12H11FN2O2S. The molecule has 4 nitrogen and oxygen atoms in total. The predicted octanol–water partition coefficient (Wildman–Crippen LogP) is 2.61. The maximum absolute atomic E-state index is 13.2. The number of aryl methyl sites for hydroxylation is 1. The third-order valence-electron chi connectivity index (χ3n) is 2.06. The highest BCUT2D eigenvalue weighted by atomic mass is 32.1. The minimum Gasteiger partial charge on any atom is -0.481 e. The predicted molar refractivity (Wildman–Crippen MR) is 67.4 cm³/mol. The first kappa shape index (κ1) is 12.5. The first-order valence-electron chi connectivity index (χ1n) is 5.25. The quantitative estimate of drug-likeness (QED) is 0.925. The molecule has 0 atom stereocenters. The highest BCUT2D eigenvalue weighted by Gasteiger charge is 2.08. The van der Waals surface area contributed by atoms with E-state index in [0.29, 0.717) is 5.13 Å². The Morgan fingerprint density at radius 3 is 2.94 bits per heavy atom. The molecule has 0 spiro atoms. The van der Waals surface area contributed by atoms with Gasteiger partial charge in [0.15, 0.2) is 23.3 Å². The molecule has 1 amide bonds. The maximum atomic E-state index is 13.2. The van der Waals surface area contributed by atoms with Gasteiger partial charge in [-0.2, -0.15) is 0 Å². The fourth-order valence-electron chi connectivity index (χ4n) is 1.27. The summed E-state index contributed by atoms with van der Waals surface area (Å²) in [4.78, 5) is 16.5. The Kier molecular flexibility index (Phi) is 3.88. The van der Waals surface area contributed by atoms with Gasteiger partial charge in [0, 0.05) is 11.1 Å². The minimum atomic E-state index is -0.490. The molecule has 2 aromatic rings. The van der Waals surface area contributed by atoms with Gasteiger partial charge in [-0.1, -0.05) is 12.1 Å². The van der Waals surface area contributed by atoms with Crippen LogP contribution in [-0.4, -0.2) is 17.5 Å². The first-order chi connectivity index (χ1) is 8.65. The van der Waals surface area contributed by atoms with E-state index in [2.05, 4.69) is 10.3 Å². The van der Waals surface area contributed by atoms with Gasteiger partial charge in [-0.3, -0.25) is 10.1 Å². The van der Waals surface area contributed by atoms with Gasteiger partial charge in [-0.25, -0.2) is 9.37 Å². The fraction of sp³-hybridized carbons (Fsp3) is 0.167. The second-order valence-corrected chi connectivity index (χ2v) is 4.78. The molecular weight excluding hydrogens is 255 g/mol. The number of thiazole rings is 1. The van der Waals surface area contributed by atoms with Crippen LogP contribution in [0.25, 0.3) is 0 Å². The Hall–Kier alpha value is -1.95. The summed E-state index contributed by atoms with van der Waals surface area (Å²) in [6, 6.07) is 5.94. The molecule has 2 rings (SSSR count). The number of hydrogen-bond acceptors (Lipinski definition) is 4. The average Bonchev–Trinajstić information content (AvgIpc) is 2.74. The van der Waals surface area contributed by atoms with Crippen molar-refractivity contribution in [1.29, 1.82) is 0 Å². The Bertz CT molecular complexity index is 557. The van der Waals surface area contributed by atoms with Gasteiger partial charge >= 0.3 is 0 Å². The van der Waals surface area contributed by atoms with Crippen LogP contribution in [0.15, 0.2) is 30.5 Å². The van der Waals surface area contributed by atoms with E-state index in [-0.39, 0.29) is 18.3 Å². The molecule has 1 aromatic carbocycles. The van der Waals surface area contributed by atoms with Crippen LogP contribution in [0.2, 0.25) is 0 Å². The highest BCUT2D eigenvalue weighted by Crippen LogP contribution is 2.17. The zero-order valence-corrected chi connectivity index (χ0v) is 10.5. The molecule has 0 radical (unpaired) electrons. The fourth-order valence-corrected chi connectivity index (χ4v) is 1.95. The molecule has 0 saturated heterocycles. The summed E-state index contributed by atoms with van der Waals surface area (Å²) < 4.78 is 18.3. The number of ether oxygens (including phenoxy) is 1. The monoisotopic (exact) mass is 266 g/mol. The number of rotatable bonds is 4. The van der Waals surface area contributed by atoms with Crippen molar-refractivity contribution in [1.82, 2.24) is 4.98 Å². The molecule has 1 aromatic heterocycles. The van der Waals surface area contributed by atoms with Gasteiger partial charge in [0.1, 0.15) is 0 Å². The lowest BCUT2D eigenvalue weighted by molar-refractivity contribution is -0.118. The molecule has 1 N–H and O–H groups in total. The average molecular weight is 266 g/mol. The summed E-state index contributed by atoms with van der Waals surface area (Å²) >= 11 is 1.37. The van der Waals surface area contributed by atoms with E-state index in [9.17, 15) is 9.18 Å². The number of nitrogens with one attached hydrogen (secondary N) is 1. The minimum absolute atomic E-state index is 0.0583. The van der Waals surface area contributed by atoms with Crippen LogP contribution in [-0.2, 0) is 4.79 Å². The number of hydrogen-bond donors (Lipinski definition) is 1. The van der Waals surface area contributed by atoms with Crippen LogP contribution >= 0.6 is 11.3 Å². The Balaban J connectivity index is 1.87. The van der Waals surface area contributed by atoms with Crippen LogP contribution in [0.1, 0.15) is 4.88 Å². The van der Waals surface area contributed by atoms with Crippen molar-refractivity contribution < 1.29 is 13.9 Å². The molecule has 0 saturated carbocycles. The number of carbonyl (C=O) groups excluding carboxylic acids is 1. The lowest BCUT2D eigenvalue weighted by Crippen LogP contribution is -2.20. The molecule has 0 aliphatic rings. The number of amides is 1. The van der Waals surface area contributed by atoms with Gasteiger partial charge in [0.25, 0.3) is 5.91 Å². The maximum Gasteiger partial charge on any atom is 0.264 e. The van der Waals surface area contributed by atoms with Crippen LogP contribution in [0, 0.1) is 12.7 Å². The molecule has 0 unspecified atom stereocenters. The van der Waals surface area contributed by atoms with Gasteiger partial charge in [-0.15, -0.1) is 11.3 Å². The normalized spacial score (nSPS) is 10.1. The van der Waals surface area contributed by atoms with Crippen molar-refractivity contribution >= 4 is 22.4 Å². The van der Waals surface area contributed by atoms with Gasteiger partial charge in [0.2, 0.25) is 0 Å². The summed E-state index contributed by atoms with van der Waals surface area (Å²) in [5.41, 5.74) is 0. The summed E-state index contributed by atoms with van der Waals surface area (Å²) in [6.45, 7) is 1.64. The van der Waals surface area contributed by atoms with E-state index in [0.717, 1.165) is 4.88 Å². The van der Waals surface area contributed by atoms with Crippen molar-refractivity contribution in [3.05, 3.63) is 41.2 Å². The number of carbonyl (C=O) groups is 1. The third kappa shape index (κ3) is 3.27. The van der Waals surface area contributed by atoms with E-state index < -0.39 is 5.82 Å². The molecule has 1 heterocycles. The number of anilines is 1. The summed E-state index contributed by atoms with van der Waals surface area (Å²) in [5, 5.41) is 3.08. The number of nitrogens with zero attached hydrogens (tertiary/aromatic N) is 1. The van der Waals surface area contributed by atoms with Crippen molar-refractivity contribution in [2.45, 2.75) is 6.92 Å². The summed E-state index contributed by atoms with van der Waals surface area (Å²) in [7, 11) is 0. The molecule has 6 heteroatoms. The van der Waals surface area contributed by atoms with E-state index in [1.807, 2.05) is 6.92 Å². The largest absolute Gasteiger partial charge is 0.481 e. The molecule has 0 fully saturated rings. The zero-order valence-electron chi connectivity index (χ0n) is 9.64. The van der Waals surface area contributed by atoms with Crippen LogP contribution in [0.3, 0.4) is 0 Å².